The fourth-order valence-electron chi connectivity index (χ4n) is 3.46. The summed E-state index contributed by atoms with van der Waals surface area (Å²) in [6.45, 7) is 2.99. The van der Waals surface area contributed by atoms with Crippen LogP contribution < -0.4 is 5.32 Å². The molecule has 0 aliphatic heterocycles. The molecule has 2 rings (SSSR count). The molecule has 1 N–H and O–H groups in total. The number of benzene rings is 1. The summed E-state index contributed by atoms with van der Waals surface area (Å²) in [4.78, 5) is 0. The maximum Gasteiger partial charge on any atom is 0.0873 e. The van der Waals surface area contributed by atoms with Crippen LogP contribution in [-0.2, 0) is 4.74 Å². The number of hydrogen-bond donors (Lipinski definition) is 1. The summed E-state index contributed by atoms with van der Waals surface area (Å²) in [6.07, 6.45) is 7.09. The molecule has 0 radical (unpaired) electrons. The van der Waals surface area contributed by atoms with Gasteiger partial charge in [-0.3, -0.25) is 0 Å². The number of methoxy groups -OCH3 is 1. The topological polar surface area (TPSA) is 21.3 Å². The Bertz CT molecular complexity index is 456. The largest absolute Gasteiger partial charge is 0.376 e. The first-order valence-electron chi connectivity index (χ1n) is 7.86. The van der Waals surface area contributed by atoms with Gasteiger partial charge in [-0.2, -0.15) is 0 Å². The molecular weight excluding hydrogens is 305 g/mol. The first-order chi connectivity index (χ1) is 10.1. The average Bonchev–Trinajstić information content (AvgIpc) is 2.74. The van der Waals surface area contributed by atoms with E-state index in [9.17, 15) is 0 Å². The zero-order valence-electron chi connectivity index (χ0n) is 12.9. The Morgan fingerprint density at radius 2 is 1.86 bits per heavy atom. The zero-order chi connectivity index (χ0) is 15.3. The van der Waals surface area contributed by atoms with Crippen molar-refractivity contribution < 1.29 is 4.74 Å². The Kier molecular flexibility index (Phi) is 6.36. The number of rotatable bonds is 5. The van der Waals surface area contributed by atoms with Gasteiger partial charge in [0.2, 0.25) is 0 Å². The van der Waals surface area contributed by atoms with Crippen molar-refractivity contribution in [3.8, 4) is 0 Å². The minimum Gasteiger partial charge on any atom is -0.376 e. The van der Waals surface area contributed by atoms with E-state index < -0.39 is 0 Å². The van der Waals surface area contributed by atoms with Gasteiger partial charge in [-0.1, -0.05) is 55.8 Å². The molecule has 118 valence electrons. The summed E-state index contributed by atoms with van der Waals surface area (Å²) in [5, 5.41) is 5.06. The molecular formula is C17H25Cl2NO. The van der Waals surface area contributed by atoms with Crippen molar-refractivity contribution in [3.63, 3.8) is 0 Å². The van der Waals surface area contributed by atoms with Gasteiger partial charge in [-0.25, -0.2) is 0 Å². The summed E-state index contributed by atoms with van der Waals surface area (Å²) in [5.74, 6) is 0. The van der Waals surface area contributed by atoms with E-state index in [0.29, 0.717) is 0 Å². The first kappa shape index (κ1) is 17.1. The van der Waals surface area contributed by atoms with E-state index in [4.69, 9.17) is 27.9 Å². The lowest BCUT2D eigenvalue weighted by Gasteiger charge is -2.40. The summed E-state index contributed by atoms with van der Waals surface area (Å²) < 4.78 is 6.06. The van der Waals surface area contributed by atoms with Gasteiger partial charge in [0.15, 0.2) is 0 Å². The van der Waals surface area contributed by atoms with Crippen LogP contribution in [0.2, 0.25) is 10.0 Å². The molecule has 1 atom stereocenters. The lowest BCUT2D eigenvalue weighted by Crippen LogP contribution is -2.45. The highest BCUT2D eigenvalue weighted by atomic mass is 35.5. The molecule has 1 aromatic rings. The van der Waals surface area contributed by atoms with Crippen molar-refractivity contribution in [2.24, 2.45) is 0 Å². The Balaban J connectivity index is 2.41. The third-order valence-corrected chi connectivity index (χ3v) is 5.14. The van der Waals surface area contributed by atoms with Gasteiger partial charge in [0, 0.05) is 17.2 Å². The second-order valence-corrected chi connectivity index (χ2v) is 6.68. The molecule has 1 aliphatic carbocycles. The smallest absolute Gasteiger partial charge is 0.0873 e. The SMILES string of the molecule is CCNC(c1cc(Cl)ccc1Cl)C1(OC)CCCCCC1. The highest BCUT2D eigenvalue weighted by Gasteiger charge is 2.40. The van der Waals surface area contributed by atoms with Gasteiger partial charge >= 0.3 is 0 Å². The minimum atomic E-state index is -0.194. The van der Waals surface area contributed by atoms with Gasteiger partial charge in [0.05, 0.1) is 11.6 Å². The van der Waals surface area contributed by atoms with Crippen molar-refractivity contribution in [2.75, 3.05) is 13.7 Å². The normalized spacial score (nSPS) is 20.0. The summed E-state index contributed by atoms with van der Waals surface area (Å²) >= 11 is 12.6. The third-order valence-electron chi connectivity index (χ3n) is 4.56. The van der Waals surface area contributed by atoms with Gasteiger partial charge in [-0.05, 0) is 43.1 Å². The number of halogens is 2. The predicted octanol–water partition coefficient (Wildman–Crippen LogP) is 5.38. The lowest BCUT2D eigenvalue weighted by atomic mass is 9.82. The van der Waals surface area contributed by atoms with Crippen molar-refractivity contribution >= 4 is 23.2 Å². The number of likely N-dealkylation sites (N-methyl/N-ethyl adjacent to an activating group) is 1. The maximum absolute atomic E-state index is 6.45. The Labute approximate surface area is 138 Å². The average molecular weight is 330 g/mol. The van der Waals surface area contributed by atoms with Crippen molar-refractivity contribution in [3.05, 3.63) is 33.8 Å². The molecule has 0 amide bonds. The Morgan fingerprint density at radius 3 is 2.43 bits per heavy atom. The summed E-state index contributed by atoms with van der Waals surface area (Å²) in [7, 11) is 1.83. The van der Waals surface area contributed by atoms with Crippen LogP contribution in [0.5, 0.6) is 0 Å². The van der Waals surface area contributed by atoms with Crippen molar-refractivity contribution in [1.82, 2.24) is 5.32 Å². The lowest BCUT2D eigenvalue weighted by molar-refractivity contribution is -0.0536. The molecule has 1 unspecified atom stereocenters. The predicted molar refractivity (Wildman–Crippen MR) is 90.3 cm³/mol. The molecule has 21 heavy (non-hydrogen) atoms. The Morgan fingerprint density at radius 1 is 1.19 bits per heavy atom. The number of hydrogen-bond acceptors (Lipinski definition) is 2. The Hall–Kier alpha value is -0.280. The van der Waals surface area contributed by atoms with E-state index in [2.05, 4.69) is 12.2 Å². The van der Waals surface area contributed by atoms with E-state index in [1.807, 2.05) is 25.3 Å². The fraction of sp³-hybridized carbons (Fsp3) is 0.647. The molecule has 1 fully saturated rings. The highest BCUT2D eigenvalue weighted by Crippen LogP contribution is 2.42. The summed E-state index contributed by atoms with van der Waals surface area (Å²) in [6, 6.07) is 5.77. The van der Waals surface area contributed by atoms with Crippen LogP contribution in [-0.4, -0.2) is 19.3 Å². The monoisotopic (exact) mass is 329 g/mol. The van der Waals surface area contributed by atoms with Crippen LogP contribution in [0, 0.1) is 0 Å². The molecule has 1 aliphatic rings. The second-order valence-electron chi connectivity index (χ2n) is 5.84. The van der Waals surface area contributed by atoms with Crippen LogP contribution >= 0.6 is 23.2 Å². The second kappa shape index (κ2) is 7.82. The first-order valence-corrected chi connectivity index (χ1v) is 8.62. The minimum absolute atomic E-state index is 0.0804. The van der Waals surface area contributed by atoms with Gasteiger partial charge in [0.1, 0.15) is 0 Å². The number of ether oxygens (including phenoxy) is 1. The molecule has 4 heteroatoms. The van der Waals surface area contributed by atoms with E-state index in [1.54, 1.807) is 0 Å². The van der Waals surface area contributed by atoms with Gasteiger partial charge in [0.25, 0.3) is 0 Å². The van der Waals surface area contributed by atoms with E-state index >= 15 is 0 Å². The van der Waals surface area contributed by atoms with Crippen molar-refractivity contribution in [2.45, 2.75) is 57.1 Å². The van der Waals surface area contributed by atoms with Gasteiger partial charge in [-0.15, -0.1) is 0 Å². The molecule has 1 aromatic carbocycles. The molecule has 0 bridgehead atoms. The van der Waals surface area contributed by atoms with Crippen LogP contribution in [0.25, 0.3) is 0 Å². The van der Waals surface area contributed by atoms with Crippen molar-refractivity contribution in [1.29, 1.82) is 0 Å². The van der Waals surface area contributed by atoms with Crippen LogP contribution in [0.3, 0.4) is 0 Å². The zero-order valence-corrected chi connectivity index (χ0v) is 14.4. The molecule has 0 spiro atoms. The quantitative estimate of drug-likeness (QED) is 0.732. The maximum atomic E-state index is 6.45. The molecule has 2 nitrogen and oxygen atoms in total. The van der Waals surface area contributed by atoms with E-state index in [1.165, 1.54) is 25.7 Å². The van der Waals surface area contributed by atoms with Crippen LogP contribution in [0.15, 0.2) is 18.2 Å². The molecule has 0 heterocycles. The highest BCUT2D eigenvalue weighted by molar-refractivity contribution is 6.33. The third kappa shape index (κ3) is 3.92. The molecule has 1 saturated carbocycles. The van der Waals surface area contributed by atoms with E-state index in [-0.39, 0.29) is 11.6 Å². The summed E-state index contributed by atoms with van der Waals surface area (Å²) in [5.41, 5.74) is 0.857. The van der Waals surface area contributed by atoms with Crippen LogP contribution in [0.4, 0.5) is 0 Å². The van der Waals surface area contributed by atoms with Crippen LogP contribution in [0.1, 0.15) is 57.1 Å². The standard InChI is InChI=1S/C17H25Cl2NO/c1-3-20-16(14-12-13(18)8-9-15(14)19)17(21-2)10-6-4-5-7-11-17/h8-9,12,16,20H,3-7,10-11H2,1-2H3. The fourth-order valence-corrected chi connectivity index (χ4v) is 3.86. The number of nitrogens with one attached hydrogen (secondary N) is 1. The molecule has 0 aromatic heterocycles. The molecule has 0 saturated heterocycles. The van der Waals surface area contributed by atoms with E-state index in [0.717, 1.165) is 35.0 Å². The van der Waals surface area contributed by atoms with Gasteiger partial charge < -0.3 is 10.1 Å².